The van der Waals surface area contributed by atoms with Crippen LogP contribution in [0.25, 0.3) is 0 Å². The van der Waals surface area contributed by atoms with Crippen LogP contribution in [0, 0.1) is 0 Å². The smallest absolute Gasteiger partial charge is 0.345 e. The van der Waals surface area contributed by atoms with Gasteiger partial charge in [0.1, 0.15) is 5.75 Å². The molecular weight excluding hydrogens is 401 g/mol. The number of ether oxygens (including phenoxy) is 1. The number of esters is 1. The molecule has 0 saturated heterocycles. The molecule has 0 fully saturated rings. The third-order valence-corrected chi connectivity index (χ3v) is 4.11. The largest absolute Gasteiger partial charge is 0.423 e. The SMILES string of the molecule is O=C(N/N=C/c1ccc(OC(=O)c2ccc(Cl)cc2Cl)cc1)c1ccncc1. The van der Waals surface area contributed by atoms with E-state index in [9.17, 15) is 9.59 Å². The summed E-state index contributed by atoms with van der Waals surface area (Å²) in [5.74, 6) is -0.592. The van der Waals surface area contributed by atoms with Crippen molar-refractivity contribution in [1.82, 2.24) is 10.4 Å². The summed E-state index contributed by atoms with van der Waals surface area (Å²) in [5, 5.41) is 4.54. The van der Waals surface area contributed by atoms with Crippen molar-refractivity contribution in [3.8, 4) is 5.75 Å². The average Bonchev–Trinajstić information content (AvgIpc) is 2.69. The Morgan fingerprint density at radius 2 is 1.71 bits per heavy atom. The predicted molar refractivity (Wildman–Crippen MR) is 107 cm³/mol. The molecule has 0 spiro atoms. The summed E-state index contributed by atoms with van der Waals surface area (Å²) in [6, 6.07) is 14.3. The van der Waals surface area contributed by atoms with Gasteiger partial charge >= 0.3 is 5.97 Å². The molecule has 0 aliphatic carbocycles. The number of amides is 1. The van der Waals surface area contributed by atoms with Crippen molar-refractivity contribution in [2.75, 3.05) is 0 Å². The Bertz CT molecular complexity index is 1020. The van der Waals surface area contributed by atoms with Gasteiger partial charge < -0.3 is 4.74 Å². The van der Waals surface area contributed by atoms with Crippen molar-refractivity contribution in [1.29, 1.82) is 0 Å². The first-order valence-corrected chi connectivity index (χ1v) is 8.79. The Hall–Kier alpha value is -3.22. The third-order valence-electron chi connectivity index (χ3n) is 3.56. The van der Waals surface area contributed by atoms with E-state index < -0.39 is 5.97 Å². The van der Waals surface area contributed by atoms with Gasteiger partial charge in [0.05, 0.1) is 16.8 Å². The number of aromatic nitrogens is 1. The molecule has 0 unspecified atom stereocenters. The molecule has 6 nitrogen and oxygen atoms in total. The molecule has 1 amide bonds. The van der Waals surface area contributed by atoms with E-state index in [2.05, 4.69) is 15.5 Å². The normalized spacial score (nSPS) is 10.6. The topological polar surface area (TPSA) is 80.6 Å². The van der Waals surface area contributed by atoms with Crippen LogP contribution in [0.5, 0.6) is 5.75 Å². The van der Waals surface area contributed by atoms with Crippen LogP contribution in [0.1, 0.15) is 26.3 Å². The van der Waals surface area contributed by atoms with Gasteiger partial charge in [-0.1, -0.05) is 23.2 Å². The number of rotatable bonds is 5. The zero-order valence-electron chi connectivity index (χ0n) is 14.3. The Morgan fingerprint density at radius 1 is 1.00 bits per heavy atom. The van der Waals surface area contributed by atoms with Crippen LogP contribution < -0.4 is 10.2 Å². The van der Waals surface area contributed by atoms with Crippen LogP contribution in [-0.4, -0.2) is 23.1 Å². The molecule has 2 aromatic carbocycles. The Balaban J connectivity index is 1.59. The summed E-state index contributed by atoms with van der Waals surface area (Å²) in [7, 11) is 0. The van der Waals surface area contributed by atoms with E-state index in [4.69, 9.17) is 27.9 Å². The van der Waals surface area contributed by atoms with E-state index in [-0.39, 0.29) is 16.5 Å². The lowest BCUT2D eigenvalue weighted by Crippen LogP contribution is -2.17. The number of carbonyl (C=O) groups excluding carboxylic acids is 2. The van der Waals surface area contributed by atoms with Gasteiger partial charge in [-0.15, -0.1) is 0 Å². The Morgan fingerprint density at radius 3 is 2.39 bits per heavy atom. The molecule has 1 aromatic heterocycles. The maximum atomic E-state index is 12.2. The highest BCUT2D eigenvalue weighted by Crippen LogP contribution is 2.22. The van der Waals surface area contributed by atoms with Crippen molar-refractivity contribution in [3.63, 3.8) is 0 Å². The van der Waals surface area contributed by atoms with Gasteiger partial charge in [-0.2, -0.15) is 5.10 Å². The molecule has 0 aliphatic heterocycles. The lowest BCUT2D eigenvalue weighted by molar-refractivity contribution is 0.0734. The quantitative estimate of drug-likeness (QED) is 0.291. The fourth-order valence-electron chi connectivity index (χ4n) is 2.17. The molecule has 0 radical (unpaired) electrons. The number of hydrogen-bond donors (Lipinski definition) is 1. The molecule has 3 rings (SSSR count). The van der Waals surface area contributed by atoms with Gasteiger partial charge in [0.2, 0.25) is 0 Å². The Kier molecular flexibility index (Phi) is 6.37. The summed E-state index contributed by atoms with van der Waals surface area (Å²) in [5.41, 5.74) is 3.80. The van der Waals surface area contributed by atoms with Crippen molar-refractivity contribution in [2.45, 2.75) is 0 Å². The fraction of sp³-hybridized carbons (Fsp3) is 0. The first-order valence-electron chi connectivity index (χ1n) is 8.03. The molecule has 0 atom stereocenters. The van der Waals surface area contributed by atoms with Gasteiger partial charge in [0, 0.05) is 23.0 Å². The first-order chi connectivity index (χ1) is 13.5. The lowest BCUT2D eigenvalue weighted by atomic mass is 10.2. The number of pyridine rings is 1. The first kappa shape index (κ1) is 19.5. The summed E-state index contributed by atoms with van der Waals surface area (Å²) < 4.78 is 5.29. The van der Waals surface area contributed by atoms with E-state index in [0.717, 1.165) is 0 Å². The molecular formula is C20H13Cl2N3O3. The summed E-state index contributed by atoms with van der Waals surface area (Å²) in [6.45, 7) is 0. The second-order valence-corrected chi connectivity index (χ2v) is 6.36. The molecule has 0 saturated carbocycles. The minimum Gasteiger partial charge on any atom is -0.423 e. The molecule has 3 aromatic rings. The molecule has 1 N–H and O–H groups in total. The van der Waals surface area contributed by atoms with Crippen LogP contribution in [0.15, 0.2) is 72.1 Å². The van der Waals surface area contributed by atoms with Gasteiger partial charge in [-0.25, -0.2) is 10.2 Å². The minimum absolute atomic E-state index is 0.214. The summed E-state index contributed by atoms with van der Waals surface area (Å²) in [4.78, 5) is 27.9. The highest BCUT2D eigenvalue weighted by atomic mass is 35.5. The summed E-state index contributed by atoms with van der Waals surface area (Å²) >= 11 is 11.8. The second-order valence-electron chi connectivity index (χ2n) is 5.52. The molecule has 0 aliphatic rings. The predicted octanol–water partition coefficient (Wildman–Crippen LogP) is 4.37. The van der Waals surface area contributed by atoms with Crippen molar-refractivity contribution in [3.05, 3.63) is 93.7 Å². The second kappa shape index (κ2) is 9.12. The highest BCUT2D eigenvalue weighted by Gasteiger charge is 2.13. The van der Waals surface area contributed by atoms with E-state index in [1.165, 1.54) is 30.7 Å². The van der Waals surface area contributed by atoms with Gasteiger partial charge in [0.25, 0.3) is 5.91 Å². The number of nitrogens with zero attached hydrogens (tertiary/aromatic N) is 2. The lowest BCUT2D eigenvalue weighted by Gasteiger charge is -2.06. The maximum absolute atomic E-state index is 12.2. The van der Waals surface area contributed by atoms with E-state index in [0.29, 0.717) is 21.9 Å². The van der Waals surface area contributed by atoms with Crippen LogP contribution >= 0.6 is 23.2 Å². The van der Waals surface area contributed by atoms with Crippen LogP contribution in [0.2, 0.25) is 10.0 Å². The van der Waals surface area contributed by atoms with Crippen LogP contribution in [-0.2, 0) is 0 Å². The van der Waals surface area contributed by atoms with E-state index in [1.54, 1.807) is 42.5 Å². The van der Waals surface area contributed by atoms with E-state index in [1.807, 2.05) is 0 Å². The maximum Gasteiger partial charge on any atom is 0.345 e. The number of benzene rings is 2. The number of halogens is 2. The van der Waals surface area contributed by atoms with Crippen molar-refractivity contribution in [2.24, 2.45) is 5.10 Å². The molecule has 28 heavy (non-hydrogen) atoms. The minimum atomic E-state index is -0.590. The molecule has 140 valence electrons. The molecule has 8 heteroatoms. The Labute approximate surface area is 170 Å². The van der Waals surface area contributed by atoms with E-state index >= 15 is 0 Å². The molecule has 1 heterocycles. The number of nitrogens with one attached hydrogen (secondary N) is 1. The number of hydrogen-bond acceptors (Lipinski definition) is 5. The monoisotopic (exact) mass is 413 g/mol. The zero-order chi connectivity index (χ0) is 19.9. The third kappa shape index (κ3) is 5.16. The fourth-order valence-corrected chi connectivity index (χ4v) is 2.66. The van der Waals surface area contributed by atoms with Crippen LogP contribution in [0.3, 0.4) is 0 Å². The van der Waals surface area contributed by atoms with Gasteiger partial charge in [-0.05, 0) is 60.2 Å². The standard InChI is InChI=1S/C20H13Cl2N3O3/c21-15-3-6-17(18(22)11-15)20(27)28-16-4-1-13(2-5-16)12-24-25-19(26)14-7-9-23-10-8-14/h1-12H,(H,25,26)/b24-12+. The zero-order valence-corrected chi connectivity index (χ0v) is 15.8. The summed E-state index contributed by atoms with van der Waals surface area (Å²) in [6.07, 6.45) is 4.52. The van der Waals surface area contributed by atoms with Crippen molar-refractivity contribution >= 4 is 41.3 Å². The van der Waals surface area contributed by atoms with Crippen LogP contribution in [0.4, 0.5) is 0 Å². The average molecular weight is 414 g/mol. The molecule has 0 bridgehead atoms. The number of carbonyl (C=O) groups is 2. The highest BCUT2D eigenvalue weighted by molar-refractivity contribution is 6.36. The van der Waals surface area contributed by atoms with Gasteiger partial charge in [-0.3, -0.25) is 9.78 Å². The van der Waals surface area contributed by atoms with Crippen molar-refractivity contribution < 1.29 is 14.3 Å². The van der Waals surface area contributed by atoms with Gasteiger partial charge in [0.15, 0.2) is 0 Å². The number of hydrazone groups is 1.